The summed E-state index contributed by atoms with van der Waals surface area (Å²) < 4.78 is 31.4. The fourth-order valence-electron chi connectivity index (χ4n) is 3.19. The van der Waals surface area contributed by atoms with Crippen molar-refractivity contribution >= 4 is 16.2 Å². The van der Waals surface area contributed by atoms with Gasteiger partial charge in [0.2, 0.25) is 6.41 Å². The molecule has 7 nitrogen and oxygen atoms in total. The van der Waals surface area contributed by atoms with Gasteiger partial charge in [0.15, 0.2) is 9.84 Å². The van der Waals surface area contributed by atoms with Gasteiger partial charge in [-0.25, -0.2) is 13.5 Å². The van der Waals surface area contributed by atoms with E-state index in [0.717, 1.165) is 25.2 Å². The number of carbonyl (C=O) groups is 1. The van der Waals surface area contributed by atoms with Crippen LogP contribution in [0.3, 0.4) is 0 Å². The fourth-order valence-corrected chi connectivity index (χ4v) is 4.69. The van der Waals surface area contributed by atoms with Gasteiger partial charge in [-0.05, 0) is 55.4 Å². The van der Waals surface area contributed by atoms with Crippen molar-refractivity contribution in [1.29, 1.82) is 0 Å². The summed E-state index contributed by atoms with van der Waals surface area (Å²) in [5.74, 6) is 5.53. The van der Waals surface area contributed by atoms with Crippen molar-refractivity contribution in [2.45, 2.75) is 38.3 Å². The number of ether oxygens (including phenoxy) is 1. The highest BCUT2D eigenvalue weighted by Crippen LogP contribution is 2.25. The van der Waals surface area contributed by atoms with E-state index >= 15 is 0 Å². The first-order chi connectivity index (χ1) is 15.3. The van der Waals surface area contributed by atoms with Crippen LogP contribution in [0, 0.1) is 11.8 Å². The normalized spacial score (nSPS) is 12.0. The van der Waals surface area contributed by atoms with E-state index in [-0.39, 0.29) is 17.9 Å². The highest BCUT2D eigenvalue weighted by Gasteiger charge is 2.27. The molecule has 0 saturated heterocycles. The van der Waals surface area contributed by atoms with Crippen LogP contribution in [0.4, 0.5) is 0 Å². The summed E-state index contributed by atoms with van der Waals surface area (Å²) >= 11 is 0. The Bertz CT molecular complexity index is 1020. The van der Waals surface area contributed by atoms with Crippen LogP contribution in [-0.2, 0) is 21.2 Å². The standard InChI is InChI=1S/C24H30N2O5S/c1-4-7-16-31-22-12-14-23(15-13-22)32(29,30)18-24(26(28)19-27)21-10-8-20(9-11-21)17-25(5-2)6-3/h8-15,19,24,28H,5-6,16-18H2,1-3H3. The molecule has 1 atom stereocenters. The number of hydrogen-bond donors (Lipinski definition) is 1. The number of carbonyl (C=O) groups excluding carboxylic acids is 1. The molecule has 2 aromatic rings. The van der Waals surface area contributed by atoms with E-state index < -0.39 is 21.6 Å². The fraction of sp³-hybridized carbons (Fsp3) is 0.375. The van der Waals surface area contributed by atoms with Crippen LogP contribution in [0.2, 0.25) is 0 Å². The number of amides is 1. The van der Waals surface area contributed by atoms with E-state index in [4.69, 9.17) is 4.74 Å². The smallest absolute Gasteiger partial charge is 0.233 e. The van der Waals surface area contributed by atoms with Gasteiger partial charge in [-0.15, -0.1) is 5.92 Å². The summed E-state index contributed by atoms with van der Waals surface area (Å²) in [4.78, 5) is 13.6. The van der Waals surface area contributed by atoms with Gasteiger partial charge in [-0.1, -0.05) is 44.0 Å². The van der Waals surface area contributed by atoms with Crippen molar-refractivity contribution in [3.63, 3.8) is 0 Å². The number of benzene rings is 2. The van der Waals surface area contributed by atoms with Crippen molar-refractivity contribution in [2.75, 3.05) is 25.4 Å². The monoisotopic (exact) mass is 458 g/mol. The van der Waals surface area contributed by atoms with Crippen molar-refractivity contribution in [3.05, 3.63) is 59.7 Å². The molecule has 0 aliphatic carbocycles. The zero-order valence-electron chi connectivity index (χ0n) is 18.7. The number of sulfone groups is 1. The molecule has 0 aromatic heterocycles. The molecule has 0 bridgehead atoms. The maximum atomic E-state index is 13.0. The van der Waals surface area contributed by atoms with Crippen LogP contribution in [-0.4, -0.2) is 55.4 Å². The molecule has 0 fully saturated rings. The van der Waals surface area contributed by atoms with Gasteiger partial charge in [0, 0.05) is 6.54 Å². The molecule has 8 heteroatoms. The maximum Gasteiger partial charge on any atom is 0.233 e. The van der Waals surface area contributed by atoms with Gasteiger partial charge in [-0.3, -0.25) is 14.9 Å². The third kappa shape index (κ3) is 7.09. The van der Waals surface area contributed by atoms with Crippen molar-refractivity contribution in [2.24, 2.45) is 0 Å². The Balaban J connectivity index is 2.20. The second-order valence-corrected chi connectivity index (χ2v) is 9.21. The van der Waals surface area contributed by atoms with Gasteiger partial charge in [0.05, 0.1) is 16.7 Å². The summed E-state index contributed by atoms with van der Waals surface area (Å²) in [6.45, 7) is 8.71. The zero-order chi connectivity index (χ0) is 23.6. The van der Waals surface area contributed by atoms with Gasteiger partial charge in [0.25, 0.3) is 0 Å². The summed E-state index contributed by atoms with van der Waals surface area (Å²) in [6, 6.07) is 12.2. The lowest BCUT2D eigenvalue weighted by molar-refractivity contribution is -0.158. The molecule has 0 aliphatic rings. The Morgan fingerprint density at radius 3 is 2.22 bits per heavy atom. The Labute approximate surface area is 190 Å². The number of rotatable bonds is 12. The molecular weight excluding hydrogens is 428 g/mol. The number of nitrogens with zero attached hydrogens (tertiary/aromatic N) is 2. The van der Waals surface area contributed by atoms with E-state index in [9.17, 15) is 18.4 Å². The van der Waals surface area contributed by atoms with E-state index in [2.05, 4.69) is 30.6 Å². The SMILES string of the molecule is CC#CCOc1ccc(S(=O)(=O)CC(c2ccc(CN(CC)CC)cc2)N(O)C=O)cc1. The average molecular weight is 459 g/mol. The third-order valence-electron chi connectivity index (χ3n) is 5.14. The minimum Gasteiger partial charge on any atom is -0.481 e. The first-order valence-electron chi connectivity index (χ1n) is 10.4. The van der Waals surface area contributed by atoms with E-state index in [1.165, 1.54) is 12.1 Å². The molecule has 1 N–H and O–H groups in total. The first kappa shape index (κ1) is 25.4. The molecule has 172 valence electrons. The van der Waals surface area contributed by atoms with Gasteiger partial charge < -0.3 is 4.74 Å². The van der Waals surface area contributed by atoms with Crippen LogP contribution in [0.5, 0.6) is 5.75 Å². The number of hydrogen-bond acceptors (Lipinski definition) is 6. The Kier molecular flexibility index (Phi) is 9.72. The van der Waals surface area contributed by atoms with Gasteiger partial charge >= 0.3 is 0 Å². The van der Waals surface area contributed by atoms with Crippen LogP contribution >= 0.6 is 0 Å². The second kappa shape index (κ2) is 12.2. The predicted molar refractivity (Wildman–Crippen MR) is 123 cm³/mol. The van der Waals surface area contributed by atoms with E-state index in [1.807, 2.05) is 12.1 Å². The third-order valence-corrected chi connectivity index (χ3v) is 6.89. The molecule has 1 unspecified atom stereocenters. The molecule has 2 aromatic carbocycles. The molecule has 0 aliphatic heterocycles. The van der Waals surface area contributed by atoms with Crippen LogP contribution < -0.4 is 4.74 Å². The van der Waals surface area contributed by atoms with E-state index in [1.54, 1.807) is 31.2 Å². The second-order valence-electron chi connectivity index (χ2n) is 7.17. The summed E-state index contributed by atoms with van der Waals surface area (Å²) in [7, 11) is -3.79. The van der Waals surface area contributed by atoms with Crippen LogP contribution in [0.15, 0.2) is 53.4 Å². The Morgan fingerprint density at radius 1 is 1.06 bits per heavy atom. The molecule has 32 heavy (non-hydrogen) atoms. The lowest BCUT2D eigenvalue weighted by Crippen LogP contribution is -2.30. The largest absolute Gasteiger partial charge is 0.481 e. The quantitative estimate of drug-likeness (QED) is 0.227. The molecule has 1 amide bonds. The van der Waals surface area contributed by atoms with Crippen LogP contribution in [0.1, 0.15) is 37.9 Å². The Morgan fingerprint density at radius 2 is 1.69 bits per heavy atom. The average Bonchev–Trinajstić information content (AvgIpc) is 2.81. The van der Waals surface area contributed by atoms with Gasteiger partial charge in [0.1, 0.15) is 12.4 Å². The molecule has 0 radical (unpaired) electrons. The van der Waals surface area contributed by atoms with Crippen molar-refractivity contribution in [3.8, 4) is 17.6 Å². The highest BCUT2D eigenvalue weighted by atomic mass is 32.2. The minimum absolute atomic E-state index is 0.0777. The molecule has 2 rings (SSSR count). The highest BCUT2D eigenvalue weighted by molar-refractivity contribution is 7.91. The Hall–Kier alpha value is -2.86. The summed E-state index contributed by atoms with van der Waals surface area (Å²) in [5, 5.41) is 10.5. The number of hydroxylamine groups is 2. The zero-order valence-corrected chi connectivity index (χ0v) is 19.5. The van der Waals surface area contributed by atoms with Crippen LogP contribution in [0.25, 0.3) is 0 Å². The molecule has 0 saturated carbocycles. The summed E-state index contributed by atoms with van der Waals surface area (Å²) in [6.07, 6.45) is 0.218. The molecule has 0 spiro atoms. The maximum absolute atomic E-state index is 13.0. The van der Waals surface area contributed by atoms with Gasteiger partial charge in [-0.2, -0.15) is 0 Å². The molecule has 0 heterocycles. The molecular formula is C24H30N2O5S. The predicted octanol–water partition coefficient (Wildman–Crippen LogP) is 3.29. The lowest BCUT2D eigenvalue weighted by Gasteiger charge is -2.24. The topological polar surface area (TPSA) is 87.2 Å². The van der Waals surface area contributed by atoms with Crippen molar-refractivity contribution < 1.29 is 23.2 Å². The van der Waals surface area contributed by atoms with E-state index in [0.29, 0.717) is 16.4 Å². The lowest BCUT2D eigenvalue weighted by atomic mass is 10.1. The van der Waals surface area contributed by atoms with Crippen molar-refractivity contribution in [1.82, 2.24) is 9.96 Å². The minimum atomic E-state index is -3.79. The first-order valence-corrected chi connectivity index (χ1v) is 12.1. The summed E-state index contributed by atoms with van der Waals surface area (Å²) in [5.41, 5.74) is 1.60.